The van der Waals surface area contributed by atoms with Gasteiger partial charge in [-0.05, 0) is 49.4 Å². The number of aryl methyl sites for hydroxylation is 2. The number of carbonyl (C=O) groups is 1. The number of nitrogens with zero attached hydrogens (tertiary/aromatic N) is 3. The molecule has 0 atom stereocenters. The predicted molar refractivity (Wildman–Crippen MR) is 134 cm³/mol. The van der Waals surface area contributed by atoms with E-state index >= 15 is 0 Å². The topological polar surface area (TPSA) is 137 Å². The van der Waals surface area contributed by atoms with Crippen molar-refractivity contribution in [3.8, 4) is 5.82 Å². The van der Waals surface area contributed by atoms with Crippen LogP contribution in [0.25, 0.3) is 5.82 Å². The third-order valence-electron chi connectivity index (χ3n) is 5.19. The Morgan fingerprint density at radius 1 is 1.21 bits per heavy atom. The molecule has 0 saturated carbocycles. The molecule has 1 amide bonds. The Labute approximate surface area is 198 Å². The van der Waals surface area contributed by atoms with E-state index < -0.39 is 21.5 Å². The minimum absolute atomic E-state index is 0.0111. The molecule has 0 aliphatic rings. The van der Waals surface area contributed by atoms with E-state index in [2.05, 4.69) is 21.4 Å². The zero-order valence-corrected chi connectivity index (χ0v) is 19.9. The highest BCUT2D eigenvalue weighted by atomic mass is 32.2. The molecular weight excluding hydrogens is 454 g/mol. The average Bonchev–Trinajstić information content (AvgIpc) is 2.79. The van der Waals surface area contributed by atoms with Gasteiger partial charge in [0.05, 0.1) is 17.9 Å². The van der Waals surface area contributed by atoms with Crippen molar-refractivity contribution in [1.82, 2.24) is 9.55 Å². The molecule has 178 valence electrons. The second kappa shape index (κ2) is 10.4. The van der Waals surface area contributed by atoms with Gasteiger partial charge in [0.25, 0.3) is 5.56 Å². The Morgan fingerprint density at radius 3 is 2.56 bits per heavy atom. The molecule has 10 heteroatoms. The molecule has 0 unspecified atom stereocenters. The van der Waals surface area contributed by atoms with Crippen LogP contribution in [0.2, 0.25) is 0 Å². The van der Waals surface area contributed by atoms with Crippen LogP contribution in [0.3, 0.4) is 0 Å². The molecule has 0 aliphatic heterocycles. The highest BCUT2D eigenvalue weighted by Gasteiger charge is 2.20. The van der Waals surface area contributed by atoms with Crippen LogP contribution in [0.4, 0.5) is 11.4 Å². The number of aromatic nitrogens is 2. The molecule has 0 radical (unpaired) electrons. The largest absolute Gasteiger partial charge is 0.396 e. The molecule has 0 bridgehead atoms. The number of nitrogen functional groups attached to an aromatic ring is 1. The lowest BCUT2D eigenvalue weighted by molar-refractivity contribution is -0.117. The normalized spacial score (nSPS) is 11.2. The first kappa shape index (κ1) is 24.8. The molecule has 34 heavy (non-hydrogen) atoms. The minimum atomic E-state index is -3.84. The highest BCUT2D eigenvalue weighted by molar-refractivity contribution is 7.91. The monoisotopic (exact) mass is 481 g/mol. The summed E-state index contributed by atoms with van der Waals surface area (Å²) in [7, 11) is -3.84. The van der Waals surface area contributed by atoms with E-state index in [1.807, 2.05) is 6.92 Å². The van der Waals surface area contributed by atoms with Crippen LogP contribution in [0.15, 0.2) is 58.3 Å². The number of pyridine rings is 2. The van der Waals surface area contributed by atoms with Gasteiger partial charge in [-0.15, -0.1) is 0 Å². The summed E-state index contributed by atoms with van der Waals surface area (Å²) in [5, 5.41) is 0. The third kappa shape index (κ3) is 5.76. The van der Waals surface area contributed by atoms with Crippen LogP contribution < -0.4 is 16.0 Å². The van der Waals surface area contributed by atoms with Gasteiger partial charge in [-0.25, -0.2) is 18.4 Å². The van der Waals surface area contributed by atoms with E-state index in [0.717, 1.165) is 6.42 Å². The lowest BCUT2D eigenvalue weighted by Gasteiger charge is -2.17. The number of hydrogen-bond acceptors (Lipinski definition) is 6. The standard InChI is InChI=1S/C24H27N5O4S/c1-4-8-19-11-12-21(28-34(32,33)15-17-9-6-5-7-10-17)24(31)29(19)23-20(25)13-18(16(2)27-23)14-22(30)26-3/h5-7,9-13,28H,3-4,8,14-15,25H2,1-2H3. The van der Waals surface area contributed by atoms with Gasteiger partial charge in [0.2, 0.25) is 15.9 Å². The fraction of sp³-hybridized carbons (Fsp3) is 0.250. The third-order valence-corrected chi connectivity index (χ3v) is 6.43. The molecule has 2 aromatic heterocycles. The van der Waals surface area contributed by atoms with Crippen molar-refractivity contribution in [2.75, 3.05) is 10.5 Å². The molecule has 1 aromatic carbocycles. The number of hydrogen-bond donors (Lipinski definition) is 2. The van der Waals surface area contributed by atoms with Gasteiger partial charge in [0, 0.05) is 11.4 Å². The maximum absolute atomic E-state index is 13.4. The zero-order valence-electron chi connectivity index (χ0n) is 19.1. The summed E-state index contributed by atoms with van der Waals surface area (Å²) in [5.41, 5.74) is 8.03. The number of anilines is 2. The molecule has 0 aliphatic carbocycles. The van der Waals surface area contributed by atoms with Gasteiger partial charge >= 0.3 is 0 Å². The van der Waals surface area contributed by atoms with Crippen LogP contribution in [-0.2, 0) is 33.4 Å². The van der Waals surface area contributed by atoms with Crippen molar-refractivity contribution < 1.29 is 13.2 Å². The first-order valence-electron chi connectivity index (χ1n) is 10.7. The average molecular weight is 482 g/mol. The fourth-order valence-corrected chi connectivity index (χ4v) is 4.76. The Hall–Kier alpha value is -3.79. The van der Waals surface area contributed by atoms with Gasteiger partial charge < -0.3 is 5.73 Å². The number of rotatable bonds is 9. The number of benzene rings is 1. The van der Waals surface area contributed by atoms with Crippen molar-refractivity contribution in [3.63, 3.8) is 0 Å². The van der Waals surface area contributed by atoms with Gasteiger partial charge in [-0.3, -0.25) is 18.9 Å². The summed E-state index contributed by atoms with van der Waals surface area (Å²) in [6, 6.07) is 13.4. The van der Waals surface area contributed by atoms with E-state index in [-0.39, 0.29) is 29.4 Å². The summed E-state index contributed by atoms with van der Waals surface area (Å²) in [6.45, 7) is 6.89. The minimum Gasteiger partial charge on any atom is -0.396 e. The van der Waals surface area contributed by atoms with Crippen LogP contribution in [0, 0.1) is 6.92 Å². The highest BCUT2D eigenvalue weighted by Crippen LogP contribution is 2.22. The van der Waals surface area contributed by atoms with Crippen molar-refractivity contribution in [2.24, 2.45) is 4.99 Å². The molecule has 0 saturated heterocycles. The van der Waals surface area contributed by atoms with Gasteiger partial charge in [0.1, 0.15) is 5.69 Å². The molecule has 3 rings (SSSR count). The second-order valence-electron chi connectivity index (χ2n) is 7.85. The Kier molecular flexibility index (Phi) is 7.62. The quantitative estimate of drug-likeness (QED) is 0.451. The summed E-state index contributed by atoms with van der Waals surface area (Å²) in [6.07, 6.45) is 1.28. The number of nitrogens with two attached hydrogens (primary N) is 1. The SMILES string of the molecule is C=NC(=O)Cc1cc(N)c(-n2c(CCC)ccc(NS(=O)(=O)Cc3ccccc3)c2=O)nc1C. The number of carbonyl (C=O) groups excluding carboxylic acids is 1. The number of amides is 1. The first-order valence-corrected chi connectivity index (χ1v) is 12.4. The molecule has 0 spiro atoms. The van der Waals surface area contributed by atoms with E-state index in [0.29, 0.717) is 28.9 Å². The van der Waals surface area contributed by atoms with Crippen molar-refractivity contribution in [3.05, 3.63) is 81.4 Å². The van der Waals surface area contributed by atoms with Crippen molar-refractivity contribution in [2.45, 2.75) is 38.9 Å². The predicted octanol–water partition coefficient (Wildman–Crippen LogP) is 2.79. The number of nitrogens with one attached hydrogen (secondary N) is 1. The Morgan fingerprint density at radius 2 is 1.91 bits per heavy atom. The maximum atomic E-state index is 13.4. The molecule has 3 aromatic rings. The van der Waals surface area contributed by atoms with Crippen molar-refractivity contribution in [1.29, 1.82) is 0 Å². The summed E-state index contributed by atoms with van der Waals surface area (Å²) < 4.78 is 29.2. The lowest BCUT2D eigenvalue weighted by Crippen LogP contribution is -2.29. The van der Waals surface area contributed by atoms with Gasteiger partial charge in [-0.2, -0.15) is 0 Å². The molecule has 2 heterocycles. The van der Waals surface area contributed by atoms with Crippen LogP contribution in [0.5, 0.6) is 0 Å². The van der Waals surface area contributed by atoms with E-state index in [1.165, 1.54) is 10.6 Å². The lowest BCUT2D eigenvalue weighted by atomic mass is 10.1. The van der Waals surface area contributed by atoms with Gasteiger partial charge in [-0.1, -0.05) is 43.7 Å². The number of aliphatic imine (C=N–C) groups is 1. The zero-order chi connectivity index (χ0) is 24.9. The molecular formula is C24H27N5O4S. The van der Waals surface area contributed by atoms with E-state index in [1.54, 1.807) is 49.4 Å². The van der Waals surface area contributed by atoms with E-state index in [4.69, 9.17) is 5.73 Å². The summed E-state index contributed by atoms with van der Waals surface area (Å²) in [5.74, 6) is -0.516. The fourth-order valence-electron chi connectivity index (χ4n) is 3.56. The molecule has 9 nitrogen and oxygen atoms in total. The first-order chi connectivity index (χ1) is 16.1. The molecule has 3 N–H and O–H groups in total. The smallest absolute Gasteiger partial charge is 0.280 e. The second-order valence-corrected chi connectivity index (χ2v) is 9.57. The summed E-state index contributed by atoms with van der Waals surface area (Å²) in [4.78, 5) is 33.0. The number of sulfonamides is 1. The molecule has 0 fully saturated rings. The Balaban J connectivity index is 2.06. The van der Waals surface area contributed by atoms with Crippen molar-refractivity contribution >= 4 is 34.0 Å². The van der Waals surface area contributed by atoms with Gasteiger partial charge in [0.15, 0.2) is 5.82 Å². The van der Waals surface area contributed by atoms with Crippen LogP contribution >= 0.6 is 0 Å². The maximum Gasteiger partial charge on any atom is 0.280 e. The van der Waals surface area contributed by atoms with E-state index in [9.17, 15) is 18.0 Å². The van der Waals surface area contributed by atoms with Crippen LogP contribution in [0.1, 0.15) is 35.9 Å². The van der Waals surface area contributed by atoms with Crippen LogP contribution in [-0.4, -0.2) is 30.6 Å². The Bertz CT molecular complexity index is 1380. The summed E-state index contributed by atoms with van der Waals surface area (Å²) >= 11 is 0.